The van der Waals surface area contributed by atoms with Crippen LogP contribution in [-0.4, -0.2) is 11.5 Å². The van der Waals surface area contributed by atoms with Gasteiger partial charge in [-0.25, -0.2) is 4.98 Å². The zero-order chi connectivity index (χ0) is 13.1. The van der Waals surface area contributed by atoms with E-state index in [0.717, 1.165) is 29.3 Å². The molecule has 2 aromatic rings. The van der Waals surface area contributed by atoms with Crippen LogP contribution in [0.2, 0.25) is 0 Å². The number of nitrogens with two attached hydrogens (primary N) is 1. The number of nitrogens with zero attached hydrogens (tertiary/aromatic N) is 2. The molecule has 0 amide bonds. The van der Waals surface area contributed by atoms with Gasteiger partial charge >= 0.3 is 0 Å². The molecule has 0 unspecified atom stereocenters. The normalized spacial score (nSPS) is 10.4. The first kappa shape index (κ1) is 12.4. The van der Waals surface area contributed by atoms with Gasteiger partial charge in [-0.15, -0.1) is 0 Å². The molecule has 0 aliphatic carbocycles. The molecule has 0 aliphatic heterocycles. The SMILES string of the molecule is CCN(c1ccc(C)cc1)c1cc(N)c(C)cn1. The average Bonchev–Trinajstić information content (AvgIpc) is 2.37. The Morgan fingerprint density at radius 1 is 1.17 bits per heavy atom. The van der Waals surface area contributed by atoms with Crippen molar-refractivity contribution < 1.29 is 0 Å². The number of aryl methyl sites for hydroxylation is 2. The van der Waals surface area contributed by atoms with Crippen LogP contribution in [0.3, 0.4) is 0 Å². The summed E-state index contributed by atoms with van der Waals surface area (Å²) in [6, 6.07) is 10.4. The summed E-state index contributed by atoms with van der Waals surface area (Å²) in [7, 11) is 0. The molecule has 2 N–H and O–H groups in total. The van der Waals surface area contributed by atoms with Crippen LogP contribution in [0.25, 0.3) is 0 Å². The van der Waals surface area contributed by atoms with Gasteiger partial charge in [-0.3, -0.25) is 0 Å². The zero-order valence-electron chi connectivity index (χ0n) is 11.1. The number of hydrogen-bond acceptors (Lipinski definition) is 3. The molecular formula is C15H19N3. The van der Waals surface area contributed by atoms with Crippen molar-refractivity contribution >= 4 is 17.2 Å². The lowest BCUT2D eigenvalue weighted by Gasteiger charge is -2.22. The van der Waals surface area contributed by atoms with Crippen LogP contribution >= 0.6 is 0 Å². The van der Waals surface area contributed by atoms with Crippen molar-refractivity contribution in [2.45, 2.75) is 20.8 Å². The van der Waals surface area contributed by atoms with Gasteiger partial charge in [-0.2, -0.15) is 0 Å². The Morgan fingerprint density at radius 2 is 1.83 bits per heavy atom. The minimum Gasteiger partial charge on any atom is -0.398 e. The van der Waals surface area contributed by atoms with Crippen LogP contribution in [0.4, 0.5) is 17.2 Å². The molecule has 0 radical (unpaired) electrons. The van der Waals surface area contributed by atoms with E-state index in [1.807, 2.05) is 19.2 Å². The van der Waals surface area contributed by atoms with Crippen molar-refractivity contribution in [2.75, 3.05) is 17.2 Å². The van der Waals surface area contributed by atoms with Gasteiger partial charge < -0.3 is 10.6 Å². The zero-order valence-corrected chi connectivity index (χ0v) is 11.1. The molecule has 0 aliphatic rings. The van der Waals surface area contributed by atoms with E-state index in [1.54, 1.807) is 0 Å². The van der Waals surface area contributed by atoms with Crippen molar-refractivity contribution in [3.8, 4) is 0 Å². The van der Waals surface area contributed by atoms with E-state index in [1.165, 1.54) is 5.56 Å². The summed E-state index contributed by atoms with van der Waals surface area (Å²) < 4.78 is 0. The van der Waals surface area contributed by atoms with E-state index in [2.05, 4.69) is 48.0 Å². The summed E-state index contributed by atoms with van der Waals surface area (Å²) in [5.41, 5.74) is 10.1. The third kappa shape index (κ3) is 2.45. The lowest BCUT2D eigenvalue weighted by atomic mass is 10.2. The minimum absolute atomic E-state index is 0.783. The molecule has 0 atom stereocenters. The number of pyridine rings is 1. The first-order chi connectivity index (χ1) is 8.61. The highest BCUT2D eigenvalue weighted by atomic mass is 15.2. The Hall–Kier alpha value is -2.03. The third-order valence-corrected chi connectivity index (χ3v) is 3.07. The van der Waals surface area contributed by atoms with Crippen LogP contribution in [0.5, 0.6) is 0 Å². The van der Waals surface area contributed by atoms with E-state index in [4.69, 9.17) is 5.73 Å². The first-order valence-corrected chi connectivity index (χ1v) is 6.18. The fourth-order valence-electron chi connectivity index (χ4n) is 1.88. The maximum atomic E-state index is 5.95. The number of benzene rings is 1. The maximum absolute atomic E-state index is 5.95. The smallest absolute Gasteiger partial charge is 0.134 e. The molecule has 3 nitrogen and oxygen atoms in total. The summed E-state index contributed by atoms with van der Waals surface area (Å²) in [5.74, 6) is 0.893. The maximum Gasteiger partial charge on any atom is 0.134 e. The number of nitrogen functional groups attached to an aromatic ring is 1. The van der Waals surface area contributed by atoms with E-state index < -0.39 is 0 Å². The van der Waals surface area contributed by atoms with Crippen LogP contribution < -0.4 is 10.6 Å². The van der Waals surface area contributed by atoms with Gasteiger partial charge in [-0.05, 0) is 38.5 Å². The Labute approximate surface area is 108 Å². The fourth-order valence-corrected chi connectivity index (χ4v) is 1.88. The standard InChI is InChI=1S/C15H19N3/c1-4-18(13-7-5-11(2)6-8-13)15-9-14(16)12(3)10-17-15/h5-10H,4H2,1-3H3,(H2,16,17). The molecule has 0 saturated heterocycles. The molecule has 0 bridgehead atoms. The monoisotopic (exact) mass is 241 g/mol. The molecule has 0 fully saturated rings. The van der Waals surface area contributed by atoms with Crippen molar-refractivity contribution in [1.29, 1.82) is 0 Å². The van der Waals surface area contributed by atoms with Gasteiger partial charge in [0, 0.05) is 30.2 Å². The predicted molar refractivity (Wildman–Crippen MR) is 77.2 cm³/mol. The Balaban J connectivity index is 2.38. The van der Waals surface area contributed by atoms with E-state index in [-0.39, 0.29) is 0 Å². The second-order valence-corrected chi connectivity index (χ2v) is 4.48. The third-order valence-electron chi connectivity index (χ3n) is 3.07. The quantitative estimate of drug-likeness (QED) is 0.895. The van der Waals surface area contributed by atoms with Gasteiger partial charge in [0.2, 0.25) is 0 Å². The Bertz CT molecular complexity index is 532. The van der Waals surface area contributed by atoms with Gasteiger partial charge in [0.1, 0.15) is 5.82 Å². The fraction of sp³-hybridized carbons (Fsp3) is 0.267. The molecule has 18 heavy (non-hydrogen) atoms. The average molecular weight is 241 g/mol. The molecule has 1 aromatic carbocycles. The summed E-state index contributed by atoms with van der Waals surface area (Å²) in [6.07, 6.45) is 1.82. The second kappa shape index (κ2) is 5.08. The molecule has 1 aromatic heterocycles. The Kier molecular flexibility index (Phi) is 3.51. The first-order valence-electron chi connectivity index (χ1n) is 6.18. The molecule has 94 valence electrons. The highest BCUT2D eigenvalue weighted by Gasteiger charge is 2.09. The van der Waals surface area contributed by atoms with Crippen LogP contribution in [-0.2, 0) is 0 Å². The summed E-state index contributed by atoms with van der Waals surface area (Å²) in [5, 5.41) is 0. The van der Waals surface area contributed by atoms with Gasteiger partial charge in [0.05, 0.1) is 0 Å². The number of anilines is 3. The summed E-state index contributed by atoms with van der Waals surface area (Å²) in [6.45, 7) is 7.02. The highest BCUT2D eigenvalue weighted by molar-refractivity contribution is 5.64. The van der Waals surface area contributed by atoms with Crippen LogP contribution in [0, 0.1) is 13.8 Å². The van der Waals surface area contributed by atoms with Crippen LogP contribution in [0.15, 0.2) is 36.5 Å². The highest BCUT2D eigenvalue weighted by Crippen LogP contribution is 2.25. The van der Waals surface area contributed by atoms with E-state index in [0.29, 0.717) is 0 Å². The molecule has 1 heterocycles. The second-order valence-electron chi connectivity index (χ2n) is 4.48. The predicted octanol–water partition coefficient (Wildman–Crippen LogP) is 3.44. The molecule has 0 saturated carbocycles. The van der Waals surface area contributed by atoms with Gasteiger partial charge in [0.25, 0.3) is 0 Å². The summed E-state index contributed by atoms with van der Waals surface area (Å²) in [4.78, 5) is 6.60. The van der Waals surface area contributed by atoms with Gasteiger partial charge in [-0.1, -0.05) is 17.7 Å². The number of rotatable bonds is 3. The molecular weight excluding hydrogens is 222 g/mol. The summed E-state index contributed by atoms with van der Waals surface area (Å²) >= 11 is 0. The Morgan fingerprint density at radius 3 is 2.39 bits per heavy atom. The number of aromatic nitrogens is 1. The number of hydrogen-bond donors (Lipinski definition) is 1. The largest absolute Gasteiger partial charge is 0.398 e. The van der Waals surface area contributed by atoms with Crippen molar-refractivity contribution in [1.82, 2.24) is 4.98 Å². The van der Waals surface area contributed by atoms with Crippen molar-refractivity contribution in [3.63, 3.8) is 0 Å². The van der Waals surface area contributed by atoms with Gasteiger partial charge in [0.15, 0.2) is 0 Å². The minimum atomic E-state index is 0.783. The topological polar surface area (TPSA) is 42.1 Å². The molecule has 2 rings (SSSR count). The van der Waals surface area contributed by atoms with Crippen molar-refractivity contribution in [2.24, 2.45) is 0 Å². The lowest BCUT2D eigenvalue weighted by Crippen LogP contribution is -2.17. The van der Waals surface area contributed by atoms with Crippen molar-refractivity contribution in [3.05, 3.63) is 47.7 Å². The van der Waals surface area contributed by atoms with E-state index >= 15 is 0 Å². The van der Waals surface area contributed by atoms with E-state index in [9.17, 15) is 0 Å². The van der Waals surface area contributed by atoms with Crippen LogP contribution in [0.1, 0.15) is 18.1 Å². The lowest BCUT2D eigenvalue weighted by molar-refractivity contribution is 0.987. The molecule has 3 heteroatoms. The molecule has 0 spiro atoms.